The largest absolute Gasteiger partial charge is 0.318 e. The molecule has 1 N–H and O–H groups in total. The van der Waals surface area contributed by atoms with Gasteiger partial charge in [-0.1, -0.05) is 48.6 Å². The van der Waals surface area contributed by atoms with Gasteiger partial charge in [0.2, 0.25) is 0 Å². The van der Waals surface area contributed by atoms with Gasteiger partial charge < -0.3 is 5.32 Å². The lowest BCUT2D eigenvalue weighted by atomic mass is 10.1. The summed E-state index contributed by atoms with van der Waals surface area (Å²) in [6.45, 7) is 0. The quantitative estimate of drug-likeness (QED) is 0.657. The molecule has 0 saturated carbocycles. The highest BCUT2D eigenvalue weighted by atomic mass is 16.2. The van der Waals surface area contributed by atoms with Gasteiger partial charge in [-0.2, -0.15) is 0 Å². The van der Waals surface area contributed by atoms with E-state index in [9.17, 15) is 9.59 Å². The average Bonchev–Trinajstić information content (AvgIpc) is 2.73. The molecule has 0 saturated heterocycles. The Balaban J connectivity index is 1.90. The number of rotatable bonds is 2. The Bertz CT molecular complexity index is 687. The molecule has 0 radical (unpaired) electrons. The molecular weight excluding hydrogens is 238 g/mol. The topological polar surface area (TPSA) is 46.2 Å². The van der Waals surface area contributed by atoms with E-state index in [2.05, 4.69) is 5.32 Å². The van der Waals surface area contributed by atoms with Crippen molar-refractivity contribution in [3.63, 3.8) is 0 Å². The maximum absolute atomic E-state index is 11.6. The van der Waals surface area contributed by atoms with Gasteiger partial charge in [0, 0.05) is 0 Å². The van der Waals surface area contributed by atoms with E-state index in [0.717, 1.165) is 11.1 Å². The molecule has 1 amide bonds. The van der Waals surface area contributed by atoms with Gasteiger partial charge in [-0.05, 0) is 23.3 Å². The lowest BCUT2D eigenvalue weighted by Crippen LogP contribution is -2.12. The van der Waals surface area contributed by atoms with Gasteiger partial charge >= 0.3 is 0 Å². The zero-order valence-corrected chi connectivity index (χ0v) is 10.1. The zero-order valence-electron chi connectivity index (χ0n) is 10.1. The van der Waals surface area contributed by atoms with Crippen LogP contribution in [0.2, 0.25) is 0 Å². The molecule has 3 rings (SSSR count). The van der Waals surface area contributed by atoms with Crippen molar-refractivity contribution < 1.29 is 9.59 Å². The summed E-state index contributed by atoms with van der Waals surface area (Å²) in [6, 6.07) is 15.3. The second-order valence-corrected chi connectivity index (χ2v) is 4.33. The highest BCUT2D eigenvalue weighted by molar-refractivity contribution is 6.51. The minimum absolute atomic E-state index is 0.445. The van der Waals surface area contributed by atoms with Crippen LogP contribution < -0.4 is 5.32 Å². The van der Waals surface area contributed by atoms with Gasteiger partial charge in [-0.15, -0.1) is 0 Å². The molecule has 0 aliphatic carbocycles. The van der Waals surface area contributed by atoms with Crippen molar-refractivity contribution in [1.82, 2.24) is 0 Å². The van der Waals surface area contributed by atoms with Gasteiger partial charge in [0.05, 0.1) is 11.3 Å². The molecule has 0 fully saturated rings. The second-order valence-electron chi connectivity index (χ2n) is 4.33. The van der Waals surface area contributed by atoms with Crippen molar-refractivity contribution in [2.75, 3.05) is 5.32 Å². The molecule has 2 aromatic rings. The first-order valence-corrected chi connectivity index (χ1v) is 5.97. The summed E-state index contributed by atoms with van der Waals surface area (Å²) in [5, 5.41) is 2.54. The van der Waals surface area contributed by atoms with Crippen LogP contribution in [0.25, 0.3) is 12.2 Å². The summed E-state index contributed by atoms with van der Waals surface area (Å²) in [7, 11) is 0. The predicted octanol–water partition coefficient (Wildman–Crippen LogP) is 2.99. The molecule has 1 aliphatic heterocycles. The van der Waals surface area contributed by atoms with Crippen molar-refractivity contribution in [2.45, 2.75) is 0 Å². The SMILES string of the molecule is O=C1Nc2ccc(C=Cc3ccccc3)cc2C1=O. The Morgan fingerprint density at radius 1 is 0.842 bits per heavy atom. The summed E-state index contributed by atoms with van der Waals surface area (Å²) < 4.78 is 0. The van der Waals surface area contributed by atoms with Crippen LogP contribution in [0, 0.1) is 0 Å². The Labute approximate surface area is 110 Å². The Morgan fingerprint density at radius 3 is 2.37 bits per heavy atom. The third kappa shape index (κ3) is 2.18. The standard InChI is InChI=1S/C16H11NO2/c18-15-13-10-12(8-9-14(13)17-16(15)19)7-6-11-4-2-1-3-5-11/h1-10H,(H,17,18,19). The van der Waals surface area contributed by atoms with E-state index in [4.69, 9.17) is 0 Å². The number of fused-ring (bicyclic) bond motifs is 1. The van der Waals surface area contributed by atoms with E-state index in [1.807, 2.05) is 48.6 Å². The smallest absolute Gasteiger partial charge is 0.296 e. The van der Waals surface area contributed by atoms with Crippen molar-refractivity contribution in [2.24, 2.45) is 0 Å². The molecule has 1 heterocycles. The van der Waals surface area contributed by atoms with E-state index in [0.29, 0.717) is 11.3 Å². The van der Waals surface area contributed by atoms with Gasteiger partial charge in [0.15, 0.2) is 0 Å². The molecule has 2 aromatic carbocycles. The van der Waals surface area contributed by atoms with E-state index in [1.165, 1.54) is 0 Å². The van der Waals surface area contributed by atoms with Crippen molar-refractivity contribution in [1.29, 1.82) is 0 Å². The van der Waals surface area contributed by atoms with Gasteiger partial charge in [-0.25, -0.2) is 0 Å². The number of nitrogens with one attached hydrogen (secondary N) is 1. The molecule has 0 bridgehead atoms. The van der Waals surface area contributed by atoms with Crippen LogP contribution >= 0.6 is 0 Å². The van der Waals surface area contributed by atoms with E-state index in [-0.39, 0.29) is 0 Å². The summed E-state index contributed by atoms with van der Waals surface area (Å²) in [4.78, 5) is 22.8. The van der Waals surface area contributed by atoms with Crippen LogP contribution in [0.1, 0.15) is 21.5 Å². The predicted molar refractivity (Wildman–Crippen MR) is 74.8 cm³/mol. The van der Waals surface area contributed by atoms with Gasteiger partial charge in [0.1, 0.15) is 0 Å². The molecular formula is C16H11NO2. The number of carbonyl (C=O) groups excluding carboxylic acids is 2. The number of hydrogen-bond donors (Lipinski definition) is 1. The summed E-state index contributed by atoms with van der Waals surface area (Å²) in [5.74, 6) is -1.02. The minimum atomic E-state index is -0.556. The molecule has 3 heteroatoms. The molecule has 92 valence electrons. The first kappa shape index (κ1) is 11.4. The zero-order chi connectivity index (χ0) is 13.2. The van der Waals surface area contributed by atoms with Gasteiger partial charge in [-0.3, -0.25) is 9.59 Å². The van der Waals surface area contributed by atoms with Crippen LogP contribution in [-0.4, -0.2) is 11.7 Å². The van der Waals surface area contributed by atoms with E-state index < -0.39 is 11.7 Å². The van der Waals surface area contributed by atoms with Crippen LogP contribution in [0.5, 0.6) is 0 Å². The van der Waals surface area contributed by atoms with Crippen LogP contribution in [-0.2, 0) is 4.79 Å². The van der Waals surface area contributed by atoms with E-state index >= 15 is 0 Å². The fourth-order valence-corrected chi connectivity index (χ4v) is 2.02. The fraction of sp³-hybridized carbons (Fsp3) is 0. The molecule has 3 nitrogen and oxygen atoms in total. The summed E-state index contributed by atoms with van der Waals surface area (Å²) >= 11 is 0. The number of carbonyl (C=O) groups is 2. The second kappa shape index (κ2) is 4.53. The van der Waals surface area contributed by atoms with Crippen molar-refractivity contribution in [3.05, 3.63) is 65.2 Å². The first-order valence-electron chi connectivity index (χ1n) is 5.97. The molecule has 0 spiro atoms. The lowest BCUT2D eigenvalue weighted by Gasteiger charge is -1.98. The molecule has 0 atom stereocenters. The van der Waals surface area contributed by atoms with Crippen molar-refractivity contribution in [3.8, 4) is 0 Å². The van der Waals surface area contributed by atoms with E-state index in [1.54, 1.807) is 12.1 Å². The van der Waals surface area contributed by atoms with Gasteiger partial charge in [0.25, 0.3) is 11.7 Å². The van der Waals surface area contributed by atoms with Crippen LogP contribution in [0.15, 0.2) is 48.5 Å². The highest BCUT2D eigenvalue weighted by Gasteiger charge is 2.27. The van der Waals surface area contributed by atoms with Crippen LogP contribution in [0.4, 0.5) is 5.69 Å². The molecule has 1 aliphatic rings. The maximum atomic E-state index is 11.6. The molecule has 19 heavy (non-hydrogen) atoms. The molecule has 0 unspecified atom stereocenters. The summed E-state index contributed by atoms with van der Waals surface area (Å²) in [5.41, 5.74) is 3.02. The Hall–Kier alpha value is -2.68. The number of amides is 1. The average molecular weight is 249 g/mol. The normalized spacial score (nSPS) is 13.7. The monoisotopic (exact) mass is 249 g/mol. The maximum Gasteiger partial charge on any atom is 0.296 e. The fourth-order valence-electron chi connectivity index (χ4n) is 2.02. The number of benzene rings is 2. The number of hydrogen-bond acceptors (Lipinski definition) is 2. The third-order valence-electron chi connectivity index (χ3n) is 3.01. The molecule has 0 aromatic heterocycles. The highest BCUT2D eigenvalue weighted by Crippen LogP contribution is 2.24. The van der Waals surface area contributed by atoms with Crippen LogP contribution in [0.3, 0.4) is 0 Å². The number of ketones is 1. The first-order chi connectivity index (χ1) is 9.24. The summed E-state index contributed by atoms with van der Waals surface area (Å²) in [6.07, 6.45) is 3.89. The number of Topliss-reactive ketones (excluding diaryl/α,β-unsaturated/α-hetero) is 1. The Morgan fingerprint density at radius 2 is 1.58 bits per heavy atom. The Kier molecular flexibility index (Phi) is 2.72. The minimum Gasteiger partial charge on any atom is -0.318 e. The van der Waals surface area contributed by atoms with Crippen molar-refractivity contribution >= 4 is 29.5 Å². The lowest BCUT2D eigenvalue weighted by molar-refractivity contribution is -0.112. The number of anilines is 1. The third-order valence-corrected chi connectivity index (χ3v) is 3.01.